The van der Waals surface area contributed by atoms with Crippen molar-refractivity contribution in [2.45, 2.75) is 32.1 Å². The Morgan fingerprint density at radius 1 is 1.00 bits per heavy atom. The molecule has 5 heteroatoms. The van der Waals surface area contributed by atoms with Gasteiger partial charge in [-0.2, -0.15) is 0 Å². The van der Waals surface area contributed by atoms with Crippen LogP contribution in [0.1, 0.15) is 22.3 Å². The topological polar surface area (TPSA) is 49.7 Å². The lowest BCUT2D eigenvalue weighted by atomic mass is 10.1. The summed E-state index contributed by atoms with van der Waals surface area (Å²) in [6, 6.07) is 13.6. The minimum atomic E-state index is -3.58. The van der Waals surface area contributed by atoms with E-state index in [4.69, 9.17) is 0 Å². The first kappa shape index (κ1) is 16.7. The Balaban J connectivity index is 1.95. The summed E-state index contributed by atoms with van der Waals surface area (Å²) < 4.78 is 27.8. The molecule has 0 bridgehead atoms. The van der Waals surface area contributed by atoms with Crippen LogP contribution in [0.5, 0.6) is 0 Å². The average Bonchev–Trinajstić information content (AvgIpc) is 3.00. The highest BCUT2D eigenvalue weighted by Gasteiger charge is 2.31. The first-order valence-electron chi connectivity index (χ1n) is 8.07. The molecule has 0 radical (unpaired) electrons. The monoisotopic (exact) mass is 342 g/mol. The summed E-state index contributed by atoms with van der Waals surface area (Å²) in [6.07, 6.45) is 0.532. The Morgan fingerprint density at radius 3 is 2.38 bits per heavy atom. The Kier molecular flexibility index (Phi) is 4.45. The predicted molar refractivity (Wildman–Crippen MR) is 97.0 cm³/mol. The van der Waals surface area contributed by atoms with Crippen molar-refractivity contribution >= 4 is 15.9 Å². The van der Waals surface area contributed by atoms with Gasteiger partial charge in [-0.15, -0.1) is 0 Å². The molecule has 0 N–H and O–H groups in total. The van der Waals surface area contributed by atoms with E-state index in [-0.39, 0.29) is 0 Å². The molecule has 0 aliphatic carbocycles. The number of aliphatic imine (C=N–C) groups is 1. The number of hydrogen-bond acceptors (Lipinski definition) is 3. The fourth-order valence-corrected chi connectivity index (χ4v) is 4.74. The molecule has 2 aromatic rings. The Bertz CT molecular complexity index is 887. The molecular weight excluding hydrogens is 320 g/mol. The van der Waals surface area contributed by atoms with E-state index < -0.39 is 10.0 Å². The maximum Gasteiger partial charge on any atom is 0.265 e. The smallest absolute Gasteiger partial charge is 0.265 e. The molecule has 0 spiro atoms. The third-order valence-corrected chi connectivity index (χ3v) is 6.42. The fraction of sp³-hybridized carbons (Fsp3) is 0.316. The molecule has 0 atom stereocenters. The predicted octanol–water partition coefficient (Wildman–Crippen LogP) is 3.26. The van der Waals surface area contributed by atoms with Crippen molar-refractivity contribution in [3.8, 4) is 0 Å². The molecule has 24 heavy (non-hydrogen) atoms. The lowest BCUT2D eigenvalue weighted by molar-refractivity contribution is 0.535. The van der Waals surface area contributed by atoms with Gasteiger partial charge in [-0.1, -0.05) is 36.4 Å². The third-order valence-electron chi connectivity index (χ3n) is 4.45. The van der Waals surface area contributed by atoms with Crippen molar-refractivity contribution in [2.24, 2.45) is 4.99 Å². The van der Waals surface area contributed by atoms with Gasteiger partial charge in [0.25, 0.3) is 10.0 Å². The Labute approximate surface area is 143 Å². The largest absolute Gasteiger partial charge is 0.269 e. The zero-order valence-corrected chi connectivity index (χ0v) is 15.1. The standard InChI is InChI=1S/C19H22N2O2S/c1-14-11-16(3)18(12-15(14)2)24(22,23)21-10-9-20-19(21)13-17-7-5-4-6-8-17/h4-8,11-12H,9-10,13H2,1-3H3. The number of hydrogen-bond donors (Lipinski definition) is 0. The van der Waals surface area contributed by atoms with E-state index in [1.54, 1.807) is 6.07 Å². The molecule has 1 heterocycles. The average molecular weight is 342 g/mol. The van der Waals surface area contributed by atoms with Crippen LogP contribution in [0.15, 0.2) is 52.4 Å². The molecule has 3 rings (SSSR count). The third kappa shape index (κ3) is 3.08. The minimum absolute atomic E-state index is 0.383. The van der Waals surface area contributed by atoms with Gasteiger partial charge in [-0.25, -0.2) is 8.42 Å². The van der Waals surface area contributed by atoms with Crippen LogP contribution in [0.2, 0.25) is 0 Å². The van der Waals surface area contributed by atoms with Gasteiger partial charge in [0.2, 0.25) is 0 Å². The second-order valence-corrected chi connectivity index (χ2v) is 8.07. The highest BCUT2D eigenvalue weighted by atomic mass is 32.2. The van der Waals surface area contributed by atoms with Crippen LogP contribution in [0.25, 0.3) is 0 Å². The molecular formula is C19H22N2O2S. The number of sulfonamides is 1. The van der Waals surface area contributed by atoms with E-state index in [9.17, 15) is 8.42 Å². The summed E-state index contributed by atoms with van der Waals surface area (Å²) in [6.45, 7) is 6.72. The van der Waals surface area contributed by atoms with Gasteiger partial charge < -0.3 is 0 Å². The molecule has 0 saturated carbocycles. The molecule has 1 aliphatic rings. The number of benzene rings is 2. The van der Waals surface area contributed by atoms with Gasteiger partial charge >= 0.3 is 0 Å². The number of rotatable bonds is 4. The molecule has 0 fully saturated rings. The van der Waals surface area contributed by atoms with Crippen molar-refractivity contribution in [3.63, 3.8) is 0 Å². The molecule has 0 saturated heterocycles. The normalized spacial score (nSPS) is 14.8. The minimum Gasteiger partial charge on any atom is -0.269 e. The second-order valence-electron chi connectivity index (χ2n) is 6.24. The van der Waals surface area contributed by atoms with E-state index in [0.29, 0.717) is 30.2 Å². The van der Waals surface area contributed by atoms with Crippen molar-refractivity contribution in [1.29, 1.82) is 0 Å². The number of aryl methyl sites for hydroxylation is 3. The van der Waals surface area contributed by atoms with Gasteiger partial charge in [0.1, 0.15) is 5.84 Å². The van der Waals surface area contributed by atoms with E-state index in [1.807, 2.05) is 57.2 Å². The second kappa shape index (κ2) is 6.40. The van der Waals surface area contributed by atoms with Crippen molar-refractivity contribution in [1.82, 2.24) is 4.31 Å². The summed E-state index contributed by atoms with van der Waals surface area (Å²) >= 11 is 0. The summed E-state index contributed by atoms with van der Waals surface area (Å²) in [7, 11) is -3.58. The van der Waals surface area contributed by atoms with Crippen LogP contribution in [0.4, 0.5) is 0 Å². The van der Waals surface area contributed by atoms with Crippen molar-refractivity contribution in [2.75, 3.05) is 13.1 Å². The molecule has 0 unspecified atom stereocenters. The SMILES string of the molecule is Cc1cc(C)c(S(=O)(=O)N2CCN=C2Cc2ccccc2)cc1C. The maximum absolute atomic E-state index is 13.2. The maximum atomic E-state index is 13.2. The van der Waals surface area contributed by atoms with Crippen molar-refractivity contribution < 1.29 is 8.42 Å². The number of nitrogens with zero attached hydrogens (tertiary/aromatic N) is 2. The van der Waals surface area contributed by atoms with Crippen LogP contribution < -0.4 is 0 Å². The lowest BCUT2D eigenvalue weighted by Gasteiger charge is -2.22. The Hall–Kier alpha value is -2.14. The highest BCUT2D eigenvalue weighted by Crippen LogP contribution is 2.25. The first-order valence-corrected chi connectivity index (χ1v) is 9.51. The van der Waals surface area contributed by atoms with E-state index >= 15 is 0 Å². The fourth-order valence-electron chi connectivity index (χ4n) is 2.99. The molecule has 126 valence electrons. The molecule has 4 nitrogen and oxygen atoms in total. The lowest BCUT2D eigenvalue weighted by Crippen LogP contribution is -2.35. The summed E-state index contributed by atoms with van der Waals surface area (Å²) in [4.78, 5) is 4.82. The summed E-state index contributed by atoms with van der Waals surface area (Å²) in [5.41, 5.74) is 3.94. The zero-order valence-electron chi connectivity index (χ0n) is 14.3. The zero-order chi connectivity index (χ0) is 17.3. The molecule has 0 amide bonds. The highest BCUT2D eigenvalue weighted by molar-refractivity contribution is 7.89. The Morgan fingerprint density at radius 2 is 1.67 bits per heavy atom. The van der Waals surface area contributed by atoms with Gasteiger partial charge in [0.15, 0.2) is 0 Å². The molecule has 0 aromatic heterocycles. The van der Waals surface area contributed by atoms with Gasteiger partial charge in [0.05, 0.1) is 18.0 Å². The van der Waals surface area contributed by atoms with Gasteiger partial charge in [-0.05, 0) is 49.1 Å². The van der Waals surface area contributed by atoms with E-state index in [1.165, 1.54) is 4.31 Å². The van der Waals surface area contributed by atoms with Crippen LogP contribution in [-0.2, 0) is 16.4 Å². The van der Waals surface area contributed by atoms with Gasteiger partial charge in [-0.3, -0.25) is 9.30 Å². The van der Waals surface area contributed by atoms with Crippen LogP contribution in [0.3, 0.4) is 0 Å². The van der Waals surface area contributed by atoms with Crippen LogP contribution in [0, 0.1) is 20.8 Å². The molecule has 1 aliphatic heterocycles. The van der Waals surface area contributed by atoms with Crippen LogP contribution in [-0.4, -0.2) is 31.6 Å². The summed E-state index contributed by atoms with van der Waals surface area (Å²) in [5.74, 6) is 0.624. The first-order chi connectivity index (χ1) is 11.4. The van der Waals surface area contributed by atoms with E-state index in [0.717, 1.165) is 22.3 Å². The summed E-state index contributed by atoms with van der Waals surface area (Å²) in [5, 5.41) is 0. The quantitative estimate of drug-likeness (QED) is 0.856. The van der Waals surface area contributed by atoms with Crippen LogP contribution >= 0.6 is 0 Å². The van der Waals surface area contributed by atoms with Crippen molar-refractivity contribution in [3.05, 3.63) is 64.7 Å². The molecule has 2 aromatic carbocycles. The van der Waals surface area contributed by atoms with Gasteiger partial charge in [0, 0.05) is 6.42 Å². The van der Waals surface area contributed by atoms with E-state index in [2.05, 4.69) is 4.99 Å². The number of amidine groups is 1.